The van der Waals surface area contributed by atoms with Crippen molar-refractivity contribution in [2.75, 3.05) is 33.2 Å². The molecule has 0 spiro atoms. The lowest BCUT2D eigenvalue weighted by atomic mass is 9.85. The summed E-state index contributed by atoms with van der Waals surface area (Å²) in [6.07, 6.45) is 8.00. The Morgan fingerprint density at radius 1 is 1.26 bits per heavy atom. The third-order valence-electron chi connectivity index (χ3n) is 5.42. The van der Waals surface area contributed by atoms with Crippen LogP contribution in [0.25, 0.3) is 0 Å². The van der Waals surface area contributed by atoms with Gasteiger partial charge in [0.2, 0.25) is 5.91 Å². The average Bonchev–Trinajstić information content (AvgIpc) is 3.41. The van der Waals surface area contributed by atoms with E-state index >= 15 is 0 Å². The van der Waals surface area contributed by atoms with Crippen LogP contribution in [-0.2, 0) is 4.79 Å². The summed E-state index contributed by atoms with van der Waals surface area (Å²) in [6, 6.07) is 0.493. The Hall–Kier alpha value is -1.30. The number of amides is 1. The fraction of sp³-hybridized carbons (Fsp3) is 0.882. The predicted octanol–water partition coefficient (Wildman–Crippen LogP) is 0.810. The van der Waals surface area contributed by atoms with Gasteiger partial charge in [-0.1, -0.05) is 19.3 Å². The van der Waals surface area contributed by atoms with E-state index < -0.39 is 0 Å². The first-order valence-electron chi connectivity index (χ1n) is 9.12. The molecule has 3 rings (SSSR count). The topological polar surface area (TPSA) is 68.2 Å². The Bertz CT molecular complexity index is 444. The fourth-order valence-corrected chi connectivity index (χ4v) is 3.85. The zero-order valence-corrected chi connectivity index (χ0v) is 14.2. The zero-order chi connectivity index (χ0) is 16.2. The quantitative estimate of drug-likeness (QED) is 0.594. The highest BCUT2D eigenvalue weighted by molar-refractivity contribution is 5.88. The normalized spacial score (nSPS) is 25.7. The van der Waals surface area contributed by atoms with Crippen LogP contribution in [0, 0.1) is 5.92 Å². The second kappa shape index (κ2) is 7.51. The molecule has 2 aliphatic carbocycles. The van der Waals surface area contributed by atoms with Gasteiger partial charge in [0, 0.05) is 32.7 Å². The van der Waals surface area contributed by atoms with Crippen LogP contribution in [0.5, 0.6) is 0 Å². The summed E-state index contributed by atoms with van der Waals surface area (Å²) in [7, 11) is 1.74. The number of hydrogen-bond acceptors (Lipinski definition) is 3. The molecular weight excluding hydrogens is 292 g/mol. The van der Waals surface area contributed by atoms with E-state index in [1.54, 1.807) is 7.05 Å². The van der Waals surface area contributed by atoms with Crippen molar-refractivity contribution in [1.29, 1.82) is 0 Å². The van der Waals surface area contributed by atoms with Crippen LogP contribution in [0.3, 0.4) is 0 Å². The van der Waals surface area contributed by atoms with Crippen LogP contribution in [-0.4, -0.2) is 72.1 Å². The molecule has 0 aromatic heterocycles. The number of nitrogens with zero attached hydrogens (tertiary/aromatic N) is 3. The van der Waals surface area contributed by atoms with Gasteiger partial charge in [-0.05, 0) is 31.6 Å². The number of nitrogens with one attached hydrogen (secondary N) is 1. The van der Waals surface area contributed by atoms with Crippen LogP contribution in [0.4, 0.5) is 0 Å². The van der Waals surface area contributed by atoms with E-state index in [2.05, 4.69) is 10.3 Å². The van der Waals surface area contributed by atoms with E-state index in [9.17, 15) is 9.90 Å². The van der Waals surface area contributed by atoms with Crippen LogP contribution >= 0.6 is 0 Å². The average molecular weight is 322 g/mol. The Morgan fingerprint density at radius 3 is 2.61 bits per heavy atom. The molecule has 6 nitrogen and oxygen atoms in total. The maximum absolute atomic E-state index is 12.2. The van der Waals surface area contributed by atoms with Gasteiger partial charge in [-0.3, -0.25) is 9.79 Å². The summed E-state index contributed by atoms with van der Waals surface area (Å²) >= 11 is 0. The van der Waals surface area contributed by atoms with Crippen LogP contribution in [0.1, 0.15) is 44.9 Å². The Morgan fingerprint density at radius 2 is 2.00 bits per heavy atom. The third-order valence-corrected chi connectivity index (χ3v) is 5.42. The first kappa shape index (κ1) is 16.6. The molecule has 2 saturated carbocycles. The molecule has 3 fully saturated rings. The van der Waals surface area contributed by atoms with Gasteiger partial charge in [0.05, 0.1) is 12.6 Å². The summed E-state index contributed by atoms with van der Waals surface area (Å²) < 4.78 is 0. The standard InChI is InChI=1S/C17H30N4O2/c1-18-17(19-11-15(22)13-5-3-2-4-6-13)20-9-10-21(14-7-8-14)16(23)12-20/h13-15,22H,2-12H2,1H3,(H,18,19). The maximum Gasteiger partial charge on any atom is 0.242 e. The van der Waals surface area contributed by atoms with E-state index in [1.807, 2.05) is 9.80 Å². The number of guanidine groups is 1. The van der Waals surface area contributed by atoms with E-state index in [0.29, 0.717) is 25.0 Å². The summed E-state index contributed by atoms with van der Waals surface area (Å²) in [6.45, 7) is 2.53. The van der Waals surface area contributed by atoms with E-state index in [4.69, 9.17) is 0 Å². The van der Waals surface area contributed by atoms with Crippen molar-refractivity contribution >= 4 is 11.9 Å². The zero-order valence-electron chi connectivity index (χ0n) is 14.2. The van der Waals surface area contributed by atoms with Gasteiger partial charge < -0.3 is 20.2 Å². The highest BCUT2D eigenvalue weighted by Crippen LogP contribution is 2.28. The second-order valence-electron chi connectivity index (χ2n) is 7.13. The van der Waals surface area contributed by atoms with Gasteiger partial charge in [0.25, 0.3) is 0 Å². The van der Waals surface area contributed by atoms with Gasteiger partial charge in [0.1, 0.15) is 0 Å². The van der Waals surface area contributed by atoms with Gasteiger partial charge in [0.15, 0.2) is 5.96 Å². The molecule has 0 aromatic carbocycles. The Kier molecular flexibility index (Phi) is 5.41. The summed E-state index contributed by atoms with van der Waals surface area (Å²) in [4.78, 5) is 20.6. The molecule has 1 amide bonds. The van der Waals surface area contributed by atoms with Crippen molar-refractivity contribution in [2.45, 2.75) is 57.1 Å². The lowest BCUT2D eigenvalue weighted by molar-refractivity contribution is -0.135. The summed E-state index contributed by atoms with van der Waals surface area (Å²) in [5.74, 6) is 1.35. The van der Waals surface area contributed by atoms with E-state index in [0.717, 1.165) is 44.7 Å². The largest absolute Gasteiger partial charge is 0.391 e. The molecule has 0 bridgehead atoms. The molecule has 1 atom stereocenters. The number of aliphatic hydroxyl groups is 1. The van der Waals surface area contributed by atoms with Crippen molar-refractivity contribution in [1.82, 2.24) is 15.1 Å². The van der Waals surface area contributed by atoms with Crippen LogP contribution < -0.4 is 5.32 Å². The summed E-state index contributed by atoms with van der Waals surface area (Å²) in [5.41, 5.74) is 0. The minimum Gasteiger partial charge on any atom is -0.391 e. The number of rotatable bonds is 4. The van der Waals surface area contributed by atoms with Crippen molar-refractivity contribution in [3.8, 4) is 0 Å². The molecular formula is C17H30N4O2. The first-order valence-corrected chi connectivity index (χ1v) is 9.12. The molecule has 2 N–H and O–H groups in total. The number of hydrogen-bond donors (Lipinski definition) is 2. The fourth-order valence-electron chi connectivity index (χ4n) is 3.85. The van der Waals surface area contributed by atoms with Gasteiger partial charge in [-0.25, -0.2) is 0 Å². The Balaban J connectivity index is 1.47. The number of aliphatic hydroxyl groups excluding tert-OH is 1. The summed E-state index contributed by atoms with van der Waals surface area (Å²) in [5, 5.41) is 13.7. The SMILES string of the molecule is CN=C(NCC(O)C1CCCCC1)N1CCN(C2CC2)C(=O)C1. The van der Waals surface area contributed by atoms with Crippen molar-refractivity contribution in [2.24, 2.45) is 10.9 Å². The van der Waals surface area contributed by atoms with Crippen molar-refractivity contribution in [3.05, 3.63) is 0 Å². The number of carbonyl (C=O) groups excluding carboxylic acids is 1. The minimum absolute atomic E-state index is 0.203. The van der Waals surface area contributed by atoms with E-state index in [-0.39, 0.29) is 12.0 Å². The molecule has 1 heterocycles. The van der Waals surface area contributed by atoms with Crippen LogP contribution in [0.15, 0.2) is 4.99 Å². The molecule has 130 valence electrons. The third kappa shape index (κ3) is 4.16. The van der Waals surface area contributed by atoms with Crippen LogP contribution in [0.2, 0.25) is 0 Å². The molecule has 1 unspecified atom stereocenters. The predicted molar refractivity (Wildman–Crippen MR) is 90.3 cm³/mol. The lowest BCUT2D eigenvalue weighted by Gasteiger charge is -2.36. The second-order valence-corrected chi connectivity index (χ2v) is 7.13. The van der Waals surface area contributed by atoms with E-state index in [1.165, 1.54) is 19.3 Å². The molecule has 23 heavy (non-hydrogen) atoms. The maximum atomic E-state index is 12.2. The van der Waals surface area contributed by atoms with Gasteiger partial charge in [-0.2, -0.15) is 0 Å². The monoisotopic (exact) mass is 322 g/mol. The smallest absolute Gasteiger partial charge is 0.242 e. The number of piperazine rings is 1. The van der Waals surface area contributed by atoms with Gasteiger partial charge >= 0.3 is 0 Å². The molecule has 0 radical (unpaired) electrons. The molecule has 1 saturated heterocycles. The lowest BCUT2D eigenvalue weighted by Crippen LogP contribution is -2.56. The highest BCUT2D eigenvalue weighted by atomic mass is 16.3. The van der Waals surface area contributed by atoms with Crippen molar-refractivity contribution < 1.29 is 9.90 Å². The van der Waals surface area contributed by atoms with Gasteiger partial charge in [-0.15, -0.1) is 0 Å². The first-order chi connectivity index (χ1) is 11.2. The molecule has 0 aromatic rings. The number of carbonyl (C=O) groups is 1. The molecule has 3 aliphatic rings. The molecule has 1 aliphatic heterocycles. The highest BCUT2D eigenvalue weighted by Gasteiger charge is 2.36. The minimum atomic E-state index is -0.324. The number of aliphatic imine (C=N–C) groups is 1. The van der Waals surface area contributed by atoms with Crippen molar-refractivity contribution in [3.63, 3.8) is 0 Å². The Labute approximate surface area is 138 Å². The molecule has 6 heteroatoms.